The van der Waals surface area contributed by atoms with Crippen molar-refractivity contribution in [3.63, 3.8) is 0 Å². The van der Waals surface area contributed by atoms with Crippen molar-refractivity contribution in [2.24, 2.45) is 0 Å². The van der Waals surface area contributed by atoms with Crippen LogP contribution in [0.2, 0.25) is 0 Å². The topological polar surface area (TPSA) is 3.24 Å². The predicted molar refractivity (Wildman–Crippen MR) is 243 cm³/mol. The van der Waals surface area contributed by atoms with Crippen molar-refractivity contribution in [3.05, 3.63) is 212 Å². The van der Waals surface area contributed by atoms with Gasteiger partial charge in [0.2, 0.25) is 0 Å². The third-order valence-corrected chi connectivity index (χ3v) is 12.4. The molecule has 1 aromatic heterocycles. The summed E-state index contributed by atoms with van der Waals surface area (Å²) in [6.07, 6.45) is 0. The standard InChI is InChI=1S/C54H35NS/c1-2-14-36(15-3-1)37-26-28-41(29-27-37)55(42-30-31-53-51(35-42)50-32-38-16-4-5-17-39(38)34-54(50)56-53)52-25-13-12-24-48(52)45-21-9-11-23-47(45)49-33-40-18-6-7-19-43(40)44-20-8-10-22-46(44)49/h1-35H. The van der Waals surface area contributed by atoms with Gasteiger partial charge in [-0.05, 0) is 115 Å². The molecule has 0 aliphatic carbocycles. The van der Waals surface area contributed by atoms with Crippen LogP contribution in [0.25, 0.3) is 85.9 Å². The first-order valence-corrected chi connectivity index (χ1v) is 20.0. The summed E-state index contributed by atoms with van der Waals surface area (Å²) in [7, 11) is 0. The summed E-state index contributed by atoms with van der Waals surface area (Å²) in [5, 5.41) is 10.2. The molecule has 0 fully saturated rings. The van der Waals surface area contributed by atoms with Crippen LogP contribution in [0, 0.1) is 0 Å². The maximum absolute atomic E-state index is 2.45. The molecule has 0 saturated heterocycles. The van der Waals surface area contributed by atoms with Crippen LogP contribution in [-0.2, 0) is 0 Å². The van der Waals surface area contributed by atoms with Crippen LogP contribution in [0.5, 0.6) is 0 Å². The summed E-state index contributed by atoms with van der Waals surface area (Å²) in [5.41, 5.74) is 10.6. The van der Waals surface area contributed by atoms with Gasteiger partial charge in [-0.25, -0.2) is 0 Å². The SMILES string of the molecule is c1ccc(-c2ccc(N(c3ccc4sc5cc6ccccc6cc5c4c3)c3ccccc3-c3ccccc3-c3cc4ccccc4c4ccccc34)cc2)cc1. The van der Waals surface area contributed by atoms with Crippen LogP contribution >= 0.6 is 11.3 Å². The maximum atomic E-state index is 2.45. The predicted octanol–water partition coefficient (Wildman–Crippen LogP) is 16.0. The zero-order valence-corrected chi connectivity index (χ0v) is 31.4. The van der Waals surface area contributed by atoms with Crippen molar-refractivity contribution in [1.29, 1.82) is 0 Å². The molecule has 0 aliphatic rings. The van der Waals surface area contributed by atoms with Crippen LogP contribution in [0.1, 0.15) is 0 Å². The molecule has 0 saturated carbocycles. The highest BCUT2D eigenvalue weighted by atomic mass is 32.1. The van der Waals surface area contributed by atoms with Crippen LogP contribution in [0.15, 0.2) is 212 Å². The van der Waals surface area contributed by atoms with Crippen molar-refractivity contribution >= 4 is 80.9 Å². The summed E-state index contributed by atoms with van der Waals surface area (Å²) in [6.45, 7) is 0. The number of anilines is 3. The van der Waals surface area contributed by atoms with Gasteiger partial charge in [0, 0.05) is 37.1 Å². The molecule has 10 aromatic carbocycles. The Bertz CT molecular complexity index is 3250. The van der Waals surface area contributed by atoms with Crippen molar-refractivity contribution < 1.29 is 0 Å². The second-order valence-electron chi connectivity index (χ2n) is 14.5. The monoisotopic (exact) mass is 729 g/mol. The lowest BCUT2D eigenvalue weighted by molar-refractivity contribution is 1.29. The van der Waals surface area contributed by atoms with Gasteiger partial charge in [0.15, 0.2) is 0 Å². The third kappa shape index (κ3) is 5.46. The average Bonchev–Trinajstić information content (AvgIpc) is 3.62. The van der Waals surface area contributed by atoms with E-state index in [1.807, 2.05) is 11.3 Å². The van der Waals surface area contributed by atoms with Gasteiger partial charge in [0.1, 0.15) is 0 Å². The van der Waals surface area contributed by atoms with E-state index in [1.165, 1.54) is 85.9 Å². The van der Waals surface area contributed by atoms with E-state index in [2.05, 4.69) is 217 Å². The van der Waals surface area contributed by atoms with Gasteiger partial charge in [0.05, 0.1) is 5.69 Å². The molecule has 1 heterocycles. The average molecular weight is 730 g/mol. The molecule has 11 rings (SSSR count). The molecule has 56 heavy (non-hydrogen) atoms. The fourth-order valence-electron chi connectivity index (χ4n) is 8.58. The number of rotatable bonds is 6. The van der Waals surface area contributed by atoms with E-state index in [-0.39, 0.29) is 0 Å². The number of benzene rings is 10. The lowest BCUT2D eigenvalue weighted by Crippen LogP contribution is -2.11. The van der Waals surface area contributed by atoms with E-state index in [9.17, 15) is 0 Å². The van der Waals surface area contributed by atoms with Gasteiger partial charge in [-0.3, -0.25) is 0 Å². The minimum atomic E-state index is 1.11. The highest BCUT2D eigenvalue weighted by molar-refractivity contribution is 7.25. The number of thiophene rings is 1. The van der Waals surface area contributed by atoms with Crippen molar-refractivity contribution in [2.75, 3.05) is 4.90 Å². The molecule has 1 nitrogen and oxygen atoms in total. The summed E-state index contributed by atoms with van der Waals surface area (Å²) in [6, 6.07) is 77.8. The molecule has 0 atom stereocenters. The zero-order chi connectivity index (χ0) is 37.0. The number of hydrogen-bond donors (Lipinski definition) is 0. The fourth-order valence-corrected chi connectivity index (χ4v) is 9.69. The number of nitrogens with zero attached hydrogens (tertiary/aromatic N) is 1. The van der Waals surface area contributed by atoms with Crippen molar-refractivity contribution in [3.8, 4) is 33.4 Å². The fraction of sp³-hybridized carbons (Fsp3) is 0. The second-order valence-corrected chi connectivity index (χ2v) is 15.6. The highest BCUT2D eigenvalue weighted by Gasteiger charge is 2.21. The number of hydrogen-bond acceptors (Lipinski definition) is 2. The van der Waals surface area contributed by atoms with Crippen molar-refractivity contribution in [1.82, 2.24) is 0 Å². The summed E-state index contributed by atoms with van der Waals surface area (Å²) in [4.78, 5) is 2.45. The lowest BCUT2D eigenvalue weighted by Gasteiger charge is -2.29. The van der Waals surface area contributed by atoms with Crippen LogP contribution in [-0.4, -0.2) is 0 Å². The normalized spacial score (nSPS) is 11.6. The Morgan fingerprint density at radius 2 is 0.839 bits per heavy atom. The minimum Gasteiger partial charge on any atom is -0.310 e. The zero-order valence-electron chi connectivity index (χ0n) is 30.6. The van der Waals surface area contributed by atoms with Crippen LogP contribution in [0.4, 0.5) is 17.1 Å². The maximum Gasteiger partial charge on any atom is 0.0540 e. The molecule has 0 amide bonds. The van der Waals surface area contributed by atoms with E-state index >= 15 is 0 Å². The van der Waals surface area contributed by atoms with Gasteiger partial charge in [-0.1, -0.05) is 158 Å². The lowest BCUT2D eigenvalue weighted by atomic mass is 9.88. The number of para-hydroxylation sites is 1. The molecular weight excluding hydrogens is 695 g/mol. The Morgan fingerprint density at radius 1 is 0.286 bits per heavy atom. The van der Waals surface area contributed by atoms with Gasteiger partial charge in [-0.2, -0.15) is 0 Å². The third-order valence-electron chi connectivity index (χ3n) is 11.2. The Kier molecular flexibility index (Phi) is 7.75. The smallest absolute Gasteiger partial charge is 0.0540 e. The summed E-state index contributed by atoms with van der Waals surface area (Å²) in [5.74, 6) is 0. The quantitative estimate of drug-likeness (QED) is 0.154. The first-order valence-electron chi connectivity index (χ1n) is 19.2. The Hall–Kier alpha value is -7.00. The molecule has 0 bridgehead atoms. The second kappa shape index (κ2) is 13.4. The Labute approximate surface area is 330 Å². The van der Waals surface area contributed by atoms with Gasteiger partial charge in [0.25, 0.3) is 0 Å². The largest absolute Gasteiger partial charge is 0.310 e. The molecule has 2 heteroatoms. The number of fused-ring (bicyclic) bond motifs is 7. The first kappa shape index (κ1) is 32.4. The summed E-state index contributed by atoms with van der Waals surface area (Å²) >= 11 is 1.87. The van der Waals surface area contributed by atoms with Gasteiger partial charge < -0.3 is 4.90 Å². The summed E-state index contributed by atoms with van der Waals surface area (Å²) < 4.78 is 2.60. The van der Waals surface area contributed by atoms with Gasteiger partial charge in [-0.15, -0.1) is 11.3 Å². The molecule has 11 aromatic rings. The molecule has 0 aliphatic heterocycles. The Morgan fingerprint density at radius 3 is 1.62 bits per heavy atom. The highest BCUT2D eigenvalue weighted by Crippen LogP contribution is 2.47. The van der Waals surface area contributed by atoms with E-state index in [0.717, 1.165) is 17.1 Å². The molecule has 0 N–H and O–H groups in total. The Balaban J connectivity index is 1.14. The van der Waals surface area contributed by atoms with Crippen LogP contribution in [0.3, 0.4) is 0 Å². The minimum absolute atomic E-state index is 1.11. The van der Waals surface area contributed by atoms with E-state index in [0.29, 0.717) is 0 Å². The van der Waals surface area contributed by atoms with Crippen LogP contribution < -0.4 is 4.90 Å². The molecule has 262 valence electrons. The van der Waals surface area contributed by atoms with E-state index < -0.39 is 0 Å². The molecule has 0 radical (unpaired) electrons. The molecular formula is C54H35NS. The first-order chi connectivity index (χ1) is 27.8. The van der Waals surface area contributed by atoms with E-state index in [1.54, 1.807) is 0 Å². The van der Waals surface area contributed by atoms with Gasteiger partial charge >= 0.3 is 0 Å². The molecule has 0 unspecified atom stereocenters. The molecule has 0 spiro atoms. The van der Waals surface area contributed by atoms with E-state index in [4.69, 9.17) is 0 Å². The van der Waals surface area contributed by atoms with Crippen molar-refractivity contribution in [2.45, 2.75) is 0 Å².